The largest absolute Gasteiger partial charge is 0.496 e. The molecule has 230 valence electrons. The first-order valence-corrected chi connectivity index (χ1v) is 14.8. The molecule has 2 amide bonds. The molecule has 1 saturated carbocycles. The average Bonchev–Trinajstić information content (AvgIpc) is 3.94. The van der Waals surface area contributed by atoms with Crippen molar-refractivity contribution in [3.8, 4) is 28.0 Å². The van der Waals surface area contributed by atoms with Gasteiger partial charge in [-0.3, -0.25) is 9.59 Å². The van der Waals surface area contributed by atoms with E-state index in [9.17, 15) is 14.7 Å². The molecule has 3 aromatic carbocycles. The van der Waals surface area contributed by atoms with E-state index in [1.54, 1.807) is 37.2 Å². The molecular formula is C33H34ClFN4O5. The SMILES string of the molecule is COc1cc(-c2cccc(-c3cccc(NC(=O)C4=CN(C)C5OC5N(C)C4=O)c3C)c2Cl)cc(F)c1CNCC1(O)CC1. The molecule has 0 bridgehead atoms. The van der Waals surface area contributed by atoms with Gasteiger partial charge in [-0.2, -0.15) is 0 Å². The monoisotopic (exact) mass is 620 g/mol. The van der Waals surface area contributed by atoms with E-state index >= 15 is 4.39 Å². The zero-order valence-corrected chi connectivity index (χ0v) is 25.7. The fourth-order valence-electron chi connectivity index (χ4n) is 5.55. The van der Waals surface area contributed by atoms with Crippen LogP contribution < -0.4 is 15.4 Å². The summed E-state index contributed by atoms with van der Waals surface area (Å²) in [6.07, 6.45) is 2.35. The summed E-state index contributed by atoms with van der Waals surface area (Å²) in [7, 11) is 4.86. The minimum absolute atomic E-state index is 0.00802. The number of fused-ring (bicyclic) bond motifs is 1. The summed E-state index contributed by atoms with van der Waals surface area (Å²) in [5, 5.41) is 16.5. The molecule has 2 atom stereocenters. The number of epoxide rings is 1. The topological polar surface area (TPSA) is 107 Å². The van der Waals surface area contributed by atoms with Crippen LogP contribution in [0.15, 0.2) is 60.3 Å². The van der Waals surface area contributed by atoms with Gasteiger partial charge in [-0.1, -0.05) is 41.9 Å². The molecule has 6 rings (SSSR count). The molecule has 0 spiro atoms. The Morgan fingerprint density at radius 1 is 1.14 bits per heavy atom. The highest BCUT2D eigenvalue weighted by atomic mass is 35.5. The van der Waals surface area contributed by atoms with E-state index in [0.717, 1.165) is 24.0 Å². The fraction of sp³-hybridized carbons (Fsp3) is 0.333. The molecule has 2 heterocycles. The highest BCUT2D eigenvalue weighted by Gasteiger charge is 2.50. The second-order valence-corrected chi connectivity index (χ2v) is 12.0. The Kier molecular flexibility index (Phi) is 7.87. The van der Waals surface area contributed by atoms with E-state index in [-0.39, 0.29) is 24.6 Å². The molecule has 1 saturated heterocycles. The molecule has 0 aromatic heterocycles. The summed E-state index contributed by atoms with van der Waals surface area (Å²) in [6.45, 7) is 2.47. The fourth-order valence-corrected chi connectivity index (χ4v) is 5.88. The number of anilines is 1. The van der Waals surface area contributed by atoms with Gasteiger partial charge in [0.2, 0.25) is 0 Å². The van der Waals surface area contributed by atoms with Gasteiger partial charge in [0.25, 0.3) is 11.8 Å². The van der Waals surface area contributed by atoms with Crippen LogP contribution in [0.1, 0.15) is 24.0 Å². The third-order valence-electron chi connectivity index (χ3n) is 8.50. The van der Waals surface area contributed by atoms with Crippen molar-refractivity contribution in [1.29, 1.82) is 0 Å². The summed E-state index contributed by atoms with van der Waals surface area (Å²) in [4.78, 5) is 29.4. The molecule has 3 aliphatic rings. The normalized spacial score (nSPS) is 20.1. The molecule has 11 heteroatoms. The Morgan fingerprint density at radius 2 is 1.84 bits per heavy atom. The van der Waals surface area contributed by atoms with Crippen LogP contribution in [0, 0.1) is 12.7 Å². The maximum absolute atomic E-state index is 15.4. The van der Waals surface area contributed by atoms with Crippen molar-refractivity contribution in [2.45, 2.75) is 44.4 Å². The zero-order chi connectivity index (χ0) is 31.3. The number of halogens is 2. The summed E-state index contributed by atoms with van der Waals surface area (Å²) >= 11 is 6.98. The molecule has 44 heavy (non-hydrogen) atoms. The van der Waals surface area contributed by atoms with Crippen molar-refractivity contribution in [2.75, 3.05) is 33.1 Å². The van der Waals surface area contributed by atoms with Crippen molar-refractivity contribution in [3.05, 3.63) is 82.3 Å². The maximum atomic E-state index is 15.4. The van der Waals surface area contributed by atoms with E-state index in [2.05, 4.69) is 10.6 Å². The molecule has 2 unspecified atom stereocenters. The van der Waals surface area contributed by atoms with Gasteiger partial charge in [-0.05, 0) is 54.7 Å². The van der Waals surface area contributed by atoms with E-state index < -0.39 is 23.2 Å². The molecular weight excluding hydrogens is 587 g/mol. The second-order valence-electron chi connectivity index (χ2n) is 11.6. The Labute approximate surface area is 260 Å². The van der Waals surface area contributed by atoms with Crippen LogP contribution in [0.5, 0.6) is 5.75 Å². The number of nitrogens with zero attached hydrogens (tertiary/aromatic N) is 2. The van der Waals surface area contributed by atoms with Gasteiger partial charge in [0.15, 0.2) is 12.5 Å². The number of rotatable bonds is 9. The molecule has 9 nitrogen and oxygen atoms in total. The van der Waals surface area contributed by atoms with Gasteiger partial charge in [0, 0.05) is 55.8 Å². The number of hydrogen-bond donors (Lipinski definition) is 3. The average molecular weight is 621 g/mol. The summed E-state index contributed by atoms with van der Waals surface area (Å²) < 4.78 is 26.4. The van der Waals surface area contributed by atoms with Crippen LogP contribution in [0.4, 0.5) is 10.1 Å². The number of amides is 2. The summed E-state index contributed by atoms with van der Waals surface area (Å²) in [5.41, 5.74) is 3.59. The number of carbonyl (C=O) groups is 2. The smallest absolute Gasteiger partial charge is 0.262 e. The van der Waals surface area contributed by atoms with Gasteiger partial charge < -0.3 is 35.0 Å². The van der Waals surface area contributed by atoms with E-state index in [1.807, 2.05) is 31.2 Å². The van der Waals surface area contributed by atoms with Crippen molar-refractivity contribution < 1.29 is 28.6 Å². The number of carbonyl (C=O) groups excluding carboxylic acids is 2. The number of ether oxygens (including phenoxy) is 2. The van der Waals surface area contributed by atoms with E-state index in [4.69, 9.17) is 21.1 Å². The number of methoxy groups -OCH3 is 1. The molecule has 2 aliphatic heterocycles. The van der Waals surface area contributed by atoms with E-state index in [1.165, 1.54) is 24.3 Å². The Hall–Kier alpha value is -3.96. The molecule has 0 radical (unpaired) electrons. The first-order chi connectivity index (χ1) is 21.0. The van der Waals surface area contributed by atoms with Crippen LogP contribution in [-0.4, -0.2) is 72.5 Å². The summed E-state index contributed by atoms with van der Waals surface area (Å²) in [5.74, 6) is -1.02. The molecule has 3 N–H and O–H groups in total. The molecule has 3 aromatic rings. The first kappa shape index (κ1) is 30.1. The van der Waals surface area contributed by atoms with Gasteiger partial charge in [-0.15, -0.1) is 0 Å². The predicted molar refractivity (Wildman–Crippen MR) is 165 cm³/mol. The van der Waals surface area contributed by atoms with E-state index in [0.29, 0.717) is 45.3 Å². The number of nitrogens with one attached hydrogen (secondary N) is 2. The third kappa shape index (κ3) is 5.66. The predicted octanol–water partition coefficient (Wildman–Crippen LogP) is 4.65. The van der Waals surface area contributed by atoms with Crippen molar-refractivity contribution in [1.82, 2.24) is 15.1 Å². The van der Waals surface area contributed by atoms with Crippen LogP contribution in [0.25, 0.3) is 22.3 Å². The highest BCUT2D eigenvalue weighted by molar-refractivity contribution is 6.36. The number of hydrogen-bond acceptors (Lipinski definition) is 7. The standard InChI is InChI=1S/C33H34ClFN4O5/c1-18-20(7-6-10-26(18)37-29(40)24-16-38(2)31-32(44-31)39(3)30(24)41)22-9-5-8-21(28(22)34)19-13-25(35)23(27(14-19)43-4)15-36-17-33(42)11-12-33/h5-10,13-14,16,31-32,36,42H,11-12,15,17H2,1-4H3,(H,37,40). The zero-order valence-electron chi connectivity index (χ0n) is 24.9. The Morgan fingerprint density at radius 3 is 2.57 bits per heavy atom. The van der Waals surface area contributed by atoms with Crippen LogP contribution in [-0.2, 0) is 20.9 Å². The lowest BCUT2D eigenvalue weighted by Gasteiger charge is -2.18. The third-order valence-corrected chi connectivity index (χ3v) is 8.90. The quantitative estimate of drug-likeness (QED) is 0.236. The highest BCUT2D eigenvalue weighted by Crippen LogP contribution is 2.41. The van der Waals surface area contributed by atoms with Crippen molar-refractivity contribution in [3.63, 3.8) is 0 Å². The van der Waals surface area contributed by atoms with Crippen LogP contribution in [0.3, 0.4) is 0 Å². The minimum atomic E-state index is -0.692. The van der Waals surface area contributed by atoms with Gasteiger partial charge in [0.1, 0.15) is 17.1 Å². The van der Waals surface area contributed by atoms with Crippen LogP contribution in [0.2, 0.25) is 5.02 Å². The van der Waals surface area contributed by atoms with Gasteiger partial charge >= 0.3 is 0 Å². The number of likely N-dealkylation sites (N-methyl/N-ethyl adjacent to an activating group) is 2. The van der Waals surface area contributed by atoms with Crippen LogP contribution >= 0.6 is 11.6 Å². The maximum Gasteiger partial charge on any atom is 0.262 e. The second kappa shape index (κ2) is 11.5. The lowest BCUT2D eigenvalue weighted by molar-refractivity contribution is -0.129. The molecule has 2 fully saturated rings. The lowest BCUT2D eigenvalue weighted by atomic mass is 9.94. The lowest BCUT2D eigenvalue weighted by Crippen LogP contribution is -2.34. The summed E-state index contributed by atoms with van der Waals surface area (Å²) in [6, 6.07) is 14.1. The van der Waals surface area contributed by atoms with Crippen molar-refractivity contribution in [2.24, 2.45) is 0 Å². The number of benzene rings is 3. The number of aliphatic hydroxyl groups is 1. The first-order valence-electron chi connectivity index (χ1n) is 14.4. The Bertz CT molecular complexity index is 1690. The molecule has 1 aliphatic carbocycles. The van der Waals surface area contributed by atoms with Gasteiger partial charge in [-0.25, -0.2) is 4.39 Å². The van der Waals surface area contributed by atoms with Crippen molar-refractivity contribution >= 4 is 29.1 Å². The Balaban J connectivity index is 1.27. The van der Waals surface area contributed by atoms with Gasteiger partial charge in [0.05, 0.1) is 17.7 Å². The minimum Gasteiger partial charge on any atom is -0.496 e.